The van der Waals surface area contributed by atoms with Crippen molar-refractivity contribution in [3.63, 3.8) is 0 Å². The summed E-state index contributed by atoms with van der Waals surface area (Å²) in [7, 11) is 1.66. The number of nitrogens with one attached hydrogen (secondary N) is 1. The first kappa shape index (κ1) is 20.4. The zero-order valence-electron chi connectivity index (χ0n) is 18.4. The summed E-state index contributed by atoms with van der Waals surface area (Å²) < 4.78 is 5.46. The van der Waals surface area contributed by atoms with Gasteiger partial charge in [0.15, 0.2) is 6.10 Å². The molecule has 1 aromatic carbocycles. The van der Waals surface area contributed by atoms with Crippen LogP contribution in [0, 0.1) is 17.8 Å². The highest BCUT2D eigenvalue weighted by Gasteiger charge is 2.51. The quantitative estimate of drug-likeness (QED) is 0.663. The van der Waals surface area contributed by atoms with Crippen LogP contribution in [0.5, 0.6) is 5.75 Å². The van der Waals surface area contributed by atoms with Crippen LogP contribution in [0.3, 0.4) is 0 Å². The lowest BCUT2D eigenvalue weighted by atomic mass is 9.53. The molecule has 4 aliphatic carbocycles. The second-order valence-corrected chi connectivity index (χ2v) is 9.99. The monoisotopic (exact) mass is 423 g/mol. The van der Waals surface area contributed by atoms with Gasteiger partial charge in [-0.3, -0.25) is 0 Å². The predicted molar refractivity (Wildman–Crippen MR) is 120 cm³/mol. The molecule has 166 valence electrons. The van der Waals surface area contributed by atoms with E-state index in [1.165, 1.54) is 19.3 Å². The van der Waals surface area contributed by atoms with E-state index in [2.05, 4.69) is 17.1 Å². The van der Waals surface area contributed by atoms with Crippen LogP contribution in [0.15, 0.2) is 42.1 Å². The minimum atomic E-state index is -0.165. The van der Waals surface area contributed by atoms with E-state index in [0.29, 0.717) is 19.5 Å². The summed E-state index contributed by atoms with van der Waals surface area (Å²) in [5.74, 6) is 3.19. The highest BCUT2D eigenvalue weighted by atomic mass is 16.6. The molecule has 1 N–H and O–H groups in total. The number of nitrogens with zero attached hydrogens (tertiary/aromatic N) is 2. The maximum atomic E-state index is 13.3. The SMILES string of the molecule is C=CCN(C[C@@H]1CC(c2ccccc2OC)=NO1)C(=O)NC12CC3CC(CC(C3)C1)C2. The number of para-hydroxylation sites is 1. The number of oxime groups is 1. The molecule has 5 aliphatic rings. The topological polar surface area (TPSA) is 63.2 Å². The lowest BCUT2D eigenvalue weighted by Gasteiger charge is -2.57. The first-order chi connectivity index (χ1) is 15.1. The predicted octanol–water partition coefficient (Wildman–Crippen LogP) is 4.35. The molecule has 31 heavy (non-hydrogen) atoms. The maximum Gasteiger partial charge on any atom is 0.318 e. The molecule has 2 amide bonds. The molecular formula is C25H33N3O3. The van der Waals surface area contributed by atoms with Crippen LogP contribution in [-0.4, -0.2) is 48.5 Å². The number of carbonyl (C=O) groups is 1. The molecule has 4 fully saturated rings. The van der Waals surface area contributed by atoms with Gasteiger partial charge < -0.3 is 19.8 Å². The third kappa shape index (κ3) is 4.04. The number of ether oxygens (including phenoxy) is 1. The number of amides is 2. The smallest absolute Gasteiger partial charge is 0.318 e. The maximum absolute atomic E-state index is 13.3. The van der Waals surface area contributed by atoms with Crippen LogP contribution in [0.4, 0.5) is 4.79 Å². The number of carbonyl (C=O) groups excluding carboxylic acids is 1. The molecule has 0 spiro atoms. The largest absolute Gasteiger partial charge is 0.496 e. The van der Waals surface area contributed by atoms with Gasteiger partial charge in [0.25, 0.3) is 0 Å². The van der Waals surface area contributed by atoms with E-state index in [1.54, 1.807) is 13.2 Å². The second-order valence-electron chi connectivity index (χ2n) is 9.99. The van der Waals surface area contributed by atoms with Crippen LogP contribution in [0.2, 0.25) is 0 Å². The van der Waals surface area contributed by atoms with Crippen molar-refractivity contribution >= 4 is 11.7 Å². The van der Waals surface area contributed by atoms with Gasteiger partial charge >= 0.3 is 6.03 Å². The lowest BCUT2D eigenvalue weighted by molar-refractivity contribution is -0.0166. The van der Waals surface area contributed by atoms with E-state index in [0.717, 1.165) is 54.0 Å². The van der Waals surface area contributed by atoms with E-state index in [-0.39, 0.29) is 17.7 Å². The Morgan fingerprint density at radius 3 is 2.58 bits per heavy atom. The first-order valence-corrected chi connectivity index (χ1v) is 11.6. The molecule has 6 heteroatoms. The second kappa shape index (κ2) is 8.21. The average Bonchev–Trinajstić information content (AvgIpc) is 3.20. The van der Waals surface area contributed by atoms with Crippen molar-refractivity contribution < 1.29 is 14.4 Å². The molecule has 0 unspecified atom stereocenters. The van der Waals surface area contributed by atoms with Gasteiger partial charge in [0.05, 0.1) is 19.4 Å². The van der Waals surface area contributed by atoms with Crippen molar-refractivity contribution in [2.45, 2.75) is 56.6 Å². The standard InChI is InChI=1S/C25H33N3O3/c1-3-8-28(16-20-12-22(27-31-20)21-6-4-5-7-23(21)30-2)24(29)26-25-13-17-9-18(14-25)11-19(10-17)15-25/h3-7,17-20H,1,8-16H2,2H3,(H,26,29)/t17?,18?,19?,20-,25?/m0/s1. The Balaban J connectivity index is 1.23. The van der Waals surface area contributed by atoms with E-state index in [4.69, 9.17) is 9.57 Å². The van der Waals surface area contributed by atoms with Crippen LogP contribution in [0.25, 0.3) is 0 Å². The Morgan fingerprint density at radius 1 is 1.26 bits per heavy atom. The summed E-state index contributed by atoms with van der Waals surface area (Å²) in [4.78, 5) is 20.9. The summed E-state index contributed by atoms with van der Waals surface area (Å²) in [6.07, 6.45) is 9.81. The molecule has 0 saturated heterocycles. The van der Waals surface area contributed by atoms with E-state index >= 15 is 0 Å². The highest BCUT2D eigenvalue weighted by molar-refractivity contribution is 6.03. The van der Waals surface area contributed by atoms with Crippen molar-refractivity contribution in [2.75, 3.05) is 20.2 Å². The average molecular weight is 424 g/mol. The molecule has 0 radical (unpaired) electrons. The van der Waals surface area contributed by atoms with Crippen molar-refractivity contribution in [3.05, 3.63) is 42.5 Å². The number of methoxy groups -OCH3 is 1. The fourth-order valence-corrected chi connectivity index (χ4v) is 6.78. The molecule has 1 atom stereocenters. The van der Waals surface area contributed by atoms with Crippen molar-refractivity contribution in [1.82, 2.24) is 10.2 Å². The van der Waals surface area contributed by atoms with Crippen LogP contribution >= 0.6 is 0 Å². The normalized spacial score (nSPS) is 32.9. The van der Waals surface area contributed by atoms with Gasteiger partial charge in [-0.2, -0.15) is 0 Å². The molecule has 1 aliphatic heterocycles. The fraction of sp³-hybridized carbons (Fsp3) is 0.600. The van der Waals surface area contributed by atoms with Gasteiger partial charge in [-0.25, -0.2) is 4.79 Å². The fourth-order valence-electron chi connectivity index (χ4n) is 6.78. The summed E-state index contributed by atoms with van der Waals surface area (Å²) in [5.41, 5.74) is 1.81. The molecule has 6 rings (SSSR count). The van der Waals surface area contributed by atoms with Gasteiger partial charge in [-0.05, 0) is 68.4 Å². The minimum Gasteiger partial charge on any atom is -0.496 e. The van der Waals surface area contributed by atoms with Crippen molar-refractivity contribution in [1.29, 1.82) is 0 Å². The molecule has 6 nitrogen and oxygen atoms in total. The Morgan fingerprint density at radius 2 is 1.94 bits per heavy atom. The van der Waals surface area contributed by atoms with Crippen LogP contribution in [-0.2, 0) is 4.84 Å². The molecule has 4 saturated carbocycles. The third-order valence-corrected chi connectivity index (χ3v) is 7.62. The summed E-state index contributed by atoms with van der Waals surface area (Å²) in [6, 6.07) is 7.84. The summed E-state index contributed by atoms with van der Waals surface area (Å²) in [6.45, 7) is 4.86. The van der Waals surface area contributed by atoms with Gasteiger partial charge in [0.2, 0.25) is 0 Å². The molecular weight excluding hydrogens is 390 g/mol. The number of rotatable bonds is 7. The van der Waals surface area contributed by atoms with Crippen molar-refractivity contribution in [3.8, 4) is 5.75 Å². The Kier molecular flexibility index (Phi) is 5.40. The first-order valence-electron chi connectivity index (χ1n) is 11.6. The zero-order valence-corrected chi connectivity index (χ0v) is 18.4. The van der Waals surface area contributed by atoms with Gasteiger partial charge in [-0.1, -0.05) is 23.4 Å². The number of urea groups is 1. The van der Waals surface area contributed by atoms with E-state index in [1.807, 2.05) is 29.2 Å². The Hall–Kier alpha value is -2.50. The van der Waals surface area contributed by atoms with Gasteiger partial charge in [0, 0.05) is 24.1 Å². The van der Waals surface area contributed by atoms with Crippen molar-refractivity contribution in [2.24, 2.45) is 22.9 Å². The molecule has 1 heterocycles. The minimum absolute atomic E-state index is 0.000845. The Labute approximate surface area is 184 Å². The third-order valence-electron chi connectivity index (χ3n) is 7.62. The van der Waals surface area contributed by atoms with E-state index < -0.39 is 0 Å². The van der Waals surface area contributed by atoms with Gasteiger partial charge in [-0.15, -0.1) is 6.58 Å². The van der Waals surface area contributed by atoms with Crippen LogP contribution < -0.4 is 10.1 Å². The summed E-state index contributed by atoms with van der Waals surface area (Å²) >= 11 is 0. The highest BCUT2D eigenvalue weighted by Crippen LogP contribution is 2.55. The number of hydrogen-bond donors (Lipinski definition) is 1. The van der Waals surface area contributed by atoms with E-state index in [9.17, 15) is 4.79 Å². The van der Waals surface area contributed by atoms with Crippen LogP contribution in [0.1, 0.15) is 50.5 Å². The Bertz CT molecular complexity index is 845. The zero-order chi connectivity index (χ0) is 21.4. The number of benzene rings is 1. The van der Waals surface area contributed by atoms with Gasteiger partial charge in [0.1, 0.15) is 5.75 Å². The lowest BCUT2D eigenvalue weighted by Crippen LogP contribution is -2.62. The summed E-state index contributed by atoms with van der Waals surface area (Å²) in [5, 5.41) is 7.77. The molecule has 1 aromatic rings. The molecule has 0 aromatic heterocycles. The number of hydrogen-bond acceptors (Lipinski definition) is 4. The molecule has 4 bridgehead atoms.